The molecule has 1 atom stereocenters. The van der Waals surface area contributed by atoms with Gasteiger partial charge in [-0.3, -0.25) is 0 Å². The molecule has 0 bridgehead atoms. The lowest BCUT2D eigenvalue weighted by Gasteiger charge is -2.35. The van der Waals surface area contributed by atoms with E-state index < -0.39 is 0 Å². The predicted octanol–water partition coefficient (Wildman–Crippen LogP) is 3.23. The fourth-order valence-corrected chi connectivity index (χ4v) is 3.26. The normalized spacial score (nSPS) is 21.2. The monoisotopic (exact) mass is 254 g/mol. The lowest BCUT2D eigenvalue weighted by molar-refractivity contribution is 0.179. The van der Waals surface area contributed by atoms with Gasteiger partial charge in [0, 0.05) is 6.04 Å². The fraction of sp³-hybridized carbons (Fsp3) is 1.00. The Bertz CT molecular complexity index is 209. The van der Waals surface area contributed by atoms with E-state index in [2.05, 4.69) is 51.9 Å². The van der Waals surface area contributed by atoms with Crippen molar-refractivity contribution < 1.29 is 0 Å². The minimum Gasteiger partial charge on any atom is -0.314 e. The minimum absolute atomic E-state index is 0.679. The molecule has 0 spiro atoms. The van der Waals surface area contributed by atoms with Gasteiger partial charge in [0.15, 0.2) is 0 Å². The van der Waals surface area contributed by atoms with Gasteiger partial charge < -0.3 is 10.2 Å². The fourth-order valence-electron chi connectivity index (χ4n) is 3.26. The summed E-state index contributed by atoms with van der Waals surface area (Å²) in [5.41, 5.74) is 0. The van der Waals surface area contributed by atoms with Crippen LogP contribution in [0.15, 0.2) is 0 Å². The zero-order valence-corrected chi connectivity index (χ0v) is 13.4. The van der Waals surface area contributed by atoms with Crippen LogP contribution in [0.4, 0.5) is 0 Å². The molecule has 1 saturated heterocycles. The second kappa shape index (κ2) is 7.49. The molecule has 0 radical (unpaired) electrons. The van der Waals surface area contributed by atoms with Crippen LogP contribution in [0.2, 0.25) is 0 Å². The molecule has 0 aromatic heterocycles. The summed E-state index contributed by atoms with van der Waals surface area (Å²) in [6.07, 6.45) is 2.72. The lowest BCUT2D eigenvalue weighted by atomic mass is 9.84. The van der Waals surface area contributed by atoms with Gasteiger partial charge in [-0.05, 0) is 70.1 Å². The Labute approximate surface area is 115 Å². The predicted molar refractivity (Wildman–Crippen MR) is 80.9 cm³/mol. The highest BCUT2D eigenvalue weighted by Gasteiger charge is 2.24. The van der Waals surface area contributed by atoms with Crippen LogP contribution in [0, 0.1) is 23.7 Å². The van der Waals surface area contributed by atoms with E-state index in [0.29, 0.717) is 6.04 Å². The molecule has 108 valence electrons. The highest BCUT2D eigenvalue weighted by molar-refractivity contribution is 4.80. The number of piperidine rings is 1. The molecule has 2 nitrogen and oxygen atoms in total. The quantitative estimate of drug-likeness (QED) is 0.783. The molecule has 1 N–H and O–H groups in total. The zero-order valence-electron chi connectivity index (χ0n) is 13.4. The second-order valence-electron chi connectivity index (χ2n) is 6.99. The van der Waals surface area contributed by atoms with Crippen LogP contribution < -0.4 is 5.32 Å². The maximum atomic E-state index is 3.81. The van der Waals surface area contributed by atoms with E-state index in [1.165, 1.54) is 32.5 Å². The highest BCUT2D eigenvalue weighted by Crippen LogP contribution is 2.22. The molecule has 1 unspecified atom stereocenters. The maximum absolute atomic E-state index is 3.81. The van der Waals surface area contributed by atoms with Gasteiger partial charge in [-0.15, -0.1) is 0 Å². The number of nitrogens with one attached hydrogen (secondary N) is 1. The zero-order chi connectivity index (χ0) is 13.7. The molecular formula is C16H34N2. The smallest absolute Gasteiger partial charge is 0.00680 e. The third kappa shape index (κ3) is 4.89. The standard InChI is InChI=1S/C16H34N2/c1-12(2)16(13(3)4)11-17-14(5)15-7-9-18(6)10-8-15/h12-17H,7-11H2,1-6H3. The van der Waals surface area contributed by atoms with Crippen molar-refractivity contribution in [2.45, 2.75) is 53.5 Å². The summed E-state index contributed by atoms with van der Waals surface area (Å²) in [5.74, 6) is 3.24. The van der Waals surface area contributed by atoms with Crippen LogP contribution in [0.1, 0.15) is 47.5 Å². The first kappa shape index (κ1) is 16.0. The topological polar surface area (TPSA) is 15.3 Å². The van der Waals surface area contributed by atoms with Crippen LogP contribution >= 0.6 is 0 Å². The maximum Gasteiger partial charge on any atom is 0.00680 e. The lowest BCUT2D eigenvalue weighted by Crippen LogP contribution is -2.43. The van der Waals surface area contributed by atoms with Crippen molar-refractivity contribution in [1.82, 2.24) is 10.2 Å². The van der Waals surface area contributed by atoms with Crippen molar-refractivity contribution in [3.63, 3.8) is 0 Å². The summed E-state index contributed by atoms with van der Waals surface area (Å²) in [6, 6.07) is 0.679. The van der Waals surface area contributed by atoms with Crippen molar-refractivity contribution in [1.29, 1.82) is 0 Å². The Morgan fingerprint density at radius 3 is 1.94 bits per heavy atom. The van der Waals surface area contributed by atoms with Gasteiger partial charge in [0.05, 0.1) is 0 Å². The summed E-state index contributed by atoms with van der Waals surface area (Å²) >= 11 is 0. The van der Waals surface area contributed by atoms with Gasteiger partial charge in [-0.2, -0.15) is 0 Å². The van der Waals surface area contributed by atoms with Gasteiger partial charge >= 0.3 is 0 Å². The summed E-state index contributed by atoms with van der Waals surface area (Å²) in [7, 11) is 2.24. The third-order valence-corrected chi connectivity index (χ3v) is 4.86. The molecule has 0 aliphatic carbocycles. The molecule has 1 fully saturated rings. The summed E-state index contributed by atoms with van der Waals surface area (Å²) < 4.78 is 0. The van der Waals surface area contributed by atoms with Crippen LogP contribution in [0.25, 0.3) is 0 Å². The molecule has 2 heteroatoms. The van der Waals surface area contributed by atoms with Gasteiger partial charge in [0.25, 0.3) is 0 Å². The summed E-state index contributed by atoms with van der Waals surface area (Å²) in [5, 5.41) is 3.81. The number of hydrogen-bond donors (Lipinski definition) is 1. The van der Waals surface area contributed by atoms with Gasteiger partial charge in [-0.25, -0.2) is 0 Å². The number of likely N-dealkylation sites (tertiary alicyclic amines) is 1. The molecule has 1 aliphatic heterocycles. The Hall–Kier alpha value is -0.0800. The molecule has 0 aromatic carbocycles. The largest absolute Gasteiger partial charge is 0.314 e. The van der Waals surface area contributed by atoms with Gasteiger partial charge in [0.1, 0.15) is 0 Å². The molecular weight excluding hydrogens is 220 g/mol. The highest BCUT2D eigenvalue weighted by atomic mass is 15.1. The summed E-state index contributed by atoms with van der Waals surface area (Å²) in [4.78, 5) is 2.45. The van der Waals surface area contributed by atoms with E-state index in [0.717, 1.165) is 23.7 Å². The van der Waals surface area contributed by atoms with Crippen LogP contribution in [-0.2, 0) is 0 Å². The van der Waals surface area contributed by atoms with Crippen molar-refractivity contribution in [2.24, 2.45) is 23.7 Å². The van der Waals surface area contributed by atoms with E-state index in [-0.39, 0.29) is 0 Å². The number of rotatable bonds is 6. The SMILES string of the molecule is CC(C)C(CNC(C)C1CCN(C)CC1)C(C)C. The first-order valence-electron chi connectivity index (χ1n) is 7.83. The molecule has 0 aromatic rings. The van der Waals surface area contributed by atoms with Crippen molar-refractivity contribution in [3.8, 4) is 0 Å². The first-order valence-corrected chi connectivity index (χ1v) is 7.83. The second-order valence-corrected chi connectivity index (χ2v) is 6.99. The molecule has 0 amide bonds. The molecule has 18 heavy (non-hydrogen) atoms. The Morgan fingerprint density at radius 2 is 1.50 bits per heavy atom. The van der Waals surface area contributed by atoms with E-state index in [1.807, 2.05) is 0 Å². The van der Waals surface area contributed by atoms with E-state index in [9.17, 15) is 0 Å². The van der Waals surface area contributed by atoms with Gasteiger partial charge in [0.2, 0.25) is 0 Å². The van der Waals surface area contributed by atoms with Crippen LogP contribution in [0.3, 0.4) is 0 Å². The Kier molecular flexibility index (Phi) is 6.65. The molecule has 0 saturated carbocycles. The summed E-state index contributed by atoms with van der Waals surface area (Å²) in [6.45, 7) is 15.5. The molecule has 1 rings (SSSR count). The van der Waals surface area contributed by atoms with E-state index in [1.54, 1.807) is 0 Å². The Morgan fingerprint density at radius 1 is 1.00 bits per heavy atom. The van der Waals surface area contributed by atoms with Crippen LogP contribution in [-0.4, -0.2) is 37.6 Å². The first-order chi connectivity index (χ1) is 8.41. The van der Waals surface area contributed by atoms with Crippen molar-refractivity contribution in [3.05, 3.63) is 0 Å². The minimum atomic E-state index is 0.679. The van der Waals surface area contributed by atoms with Crippen LogP contribution in [0.5, 0.6) is 0 Å². The van der Waals surface area contributed by atoms with Gasteiger partial charge in [-0.1, -0.05) is 27.7 Å². The average molecular weight is 254 g/mol. The number of nitrogens with zero attached hydrogens (tertiary/aromatic N) is 1. The van der Waals surface area contributed by atoms with Crippen molar-refractivity contribution in [2.75, 3.05) is 26.7 Å². The molecule has 1 aliphatic rings. The van der Waals surface area contributed by atoms with E-state index >= 15 is 0 Å². The van der Waals surface area contributed by atoms with Crippen molar-refractivity contribution >= 4 is 0 Å². The van der Waals surface area contributed by atoms with E-state index in [4.69, 9.17) is 0 Å². The average Bonchev–Trinajstić information content (AvgIpc) is 2.28. The number of hydrogen-bond acceptors (Lipinski definition) is 2. The third-order valence-electron chi connectivity index (χ3n) is 4.86. The molecule has 1 heterocycles. The Balaban J connectivity index is 2.33.